The fraction of sp³-hybridized carbons (Fsp3) is 0.333. The number of nitrogens with one attached hydrogen (secondary N) is 1. The molecule has 1 aromatic heterocycles. The van der Waals surface area contributed by atoms with Crippen LogP contribution < -0.4 is 9.62 Å². The van der Waals surface area contributed by atoms with Crippen LogP contribution in [-0.4, -0.2) is 27.5 Å². The zero-order chi connectivity index (χ0) is 15.6. The lowest BCUT2D eigenvalue weighted by atomic mass is 10.2. The molecular weight excluding hydrogens is 384 g/mol. The molecule has 1 aromatic carbocycles. The number of rotatable bonds is 5. The highest BCUT2D eigenvalue weighted by Gasteiger charge is 2.26. The topological polar surface area (TPSA) is 49.4 Å². The van der Waals surface area contributed by atoms with Crippen molar-refractivity contribution in [1.82, 2.24) is 4.72 Å². The van der Waals surface area contributed by atoms with E-state index in [-0.39, 0.29) is 6.04 Å². The van der Waals surface area contributed by atoms with Gasteiger partial charge in [0.05, 0.1) is 3.79 Å². The SMILES string of the molecule is O=S(=O)(NCC1CCCN1c1ccccc1)c1ccc(Br)s1. The van der Waals surface area contributed by atoms with Crippen molar-refractivity contribution in [3.8, 4) is 0 Å². The third-order valence-electron chi connectivity index (χ3n) is 3.79. The molecule has 1 fully saturated rings. The van der Waals surface area contributed by atoms with Gasteiger partial charge in [-0.2, -0.15) is 0 Å². The Morgan fingerprint density at radius 3 is 2.68 bits per heavy atom. The molecule has 7 heteroatoms. The first-order valence-electron chi connectivity index (χ1n) is 7.13. The molecule has 22 heavy (non-hydrogen) atoms. The van der Waals surface area contributed by atoms with Gasteiger partial charge in [0.15, 0.2) is 0 Å². The molecule has 118 valence electrons. The summed E-state index contributed by atoms with van der Waals surface area (Å²) in [6, 6.07) is 13.8. The number of thiophene rings is 1. The summed E-state index contributed by atoms with van der Waals surface area (Å²) in [5.74, 6) is 0. The number of anilines is 1. The summed E-state index contributed by atoms with van der Waals surface area (Å²) < 4.78 is 28.5. The van der Waals surface area contributed by atoms with Gasteiger partial charge in [0.1, 0.15) is 4.21 Å². The minimum Gasteiger partial charge on any atom is -0.367 e. The van der Waals surface area contributed by atoms with Crippen LogP contribution in [0.2, 0.25) is 0 Å². The third kappa shape index (κ3) is 3.53. The molecule has 2 aromatic rings. The van der Waals surface area contributed by atoms with Crippen LogP contribution in [0, 0.1) is 0 Å². The van der Waals surface area contributed by atoms with Crippen LogP contribution >= 0.6 is 27.3 Å². The first-order chi connectivity index (χ1) is 10.6. The van der Waals surface area contributed by atoms with Crippen molar-refractivity contribution in [2.24, 2.45) is 0 Å². The zero-order valence-corrected chi connectivity index (χ0v) is 15.1. The molecule has 2 heterocycles. The van der Waals surface area contributed by atoms with E-state index in [1.54, 1.807) is 12.1 Å². The molecule has 0 spiro atoms. The molecule has 4 nitrogen and oxygen atoms in total. The van der Waals surface area contributed by atoms with Crippen LogP contribution in [0.25, 0.3) is 0 Å². The van der Waals surface area contributed by atoms with Crippen molar-refractivity contribution in [3.05, 3.63) is 46.3 Å². The molecule has 0 aliphatic carbocycles. The molecule has 3 rings (SSSR count). The number of nitrogens with zero attached hydrogens (tertiary/aromatic N) is 1. The number of para-hydroxylation sites is 1. The van der Waals surface area contributed by atoms with Crippen LogP contribution in [0.4, 0.5) is 5.69 Å². The van der Waals surface area contributed by atoms with E-state index in [2.05, 4.69) is 37.7 Å². The van der Waals surface area contributed by atoms with Gasteiger partial charge in [-0.25, -0.2) is 13.1 Å². The highest BCUT2D eigenvalue weighted by Crippen LogP contribution is 2.27. The van der Waals surface area contributed by atoms with Crippen LogP contribution in [0.5, 0.6) is 0 Å². The maximum atomic E-state index is 12.3. The summed E-state index contributed by atoms with van der Waals surface area (Å²) in [4.78, 5) is 2.28. The highest BCUT2D eigenvalue weighted by atomic mass is 79.9. The number of hydrogen-bond donors (Lipinski definition) is 1. The predicted molar refractivity (Wildman–Crippen MR) is 94.0 cm³/mol. The quantitative estimate of drug-likeness (QED) is 0.835. The Morgan fingerprint density at radius 1 is 1.23 bits per heavy atom. The maximum Gasteiger partial charge on any atom is 0.250 e. The summed E-state index contributed by atoms with van der Waals surface area (Å²) >= 11 is 4.53. The highest BCUT2D eigenvalue weighted by molar-refractivity contribution is 9.11. The molecule has 0 saturated carbocycles. The monoisotopic (exact) mass is 400 g/mol. The molecule has 1 aliphatic rings. The lowest BCUT2D eigenvalue weighted by Gasteiger charge is -2.26. The van der Waals surface area contributed by atoms with Gasteiger partial charge >= 0.3 is 0 Å². The first-order valence-corrected chi connectivity index (χ1v) is 10.2. The van der Waals surface area contributed by atoms with Gasteiger partial charge in [0.25, 0.3) is 0 Å². The summed E-state index contributed by atoms with van der Waals surface area (Å²) in [5, 5.41) is 0. The Hall–Kier alpha value is -0.890. The van der Waals surface area contributed by atoms with Gasteiger partial charge in [-0.15, -0.1) is 11.3 Å². The van der Waals surface area contributed by atoms with Crippen molar-refractivity contribution >= 4 is 43.0 Å². The van der Waals surface area contributed by atoms with Gasteiger partial charge in [0, 0.05) is 24.8 Å². The molecule has 1 unspecified atom stereocenters. The normalized spacial score (nSPS) is 18.8. The van der Waals surface area contributed by atoms with Crippen molar-refractivity contribution < 1.29 is 8.42 Å². The predicted octanol–water partition coefficient (Wildman–Crippen LogP) is 3.46. The zero-order valence-electron chi connectivity index (χ0n) is 11.9. The van der Waals surface area contributed by atoms with Gasteiger partial charge in [0.2, 0.25) is 10.0 Å². The largest absolute Gasteiger partial charge is 0.367 e. The number of hydrogen-bond acceptors (Lipinski definition) is 4. The number of halogens is 1. The van der Waals surface area contributed by atoms with E-state index < -0.39 is 10.0 Å². The van der Waals surface area contributed by atoms with Crippen molar-refractivity contribution in [2.75, 3.05) is 18.0 Å². The number of benzene rings is 1. The van der Waals surface area contributed by atoms with E-state index in [0.29, 0.717) is 10.8 Å². The Labute approximate surface area is 143 Å². The Bertz CT molecular complexity index is 731. The third-order valence-corrected chi connectivity index (χ3v) is 7.33. The van der Waals surface area contributed by atoms with E-state index in [4.69, 9.17) is 0 Å². The molecule has 1 aliphatic heterocycles. The standard InChI is InChI=1S/C15H17BrN2O2S2/c16-14-8-9-15(21-14)22(19,20)17-11-13-7-4-10-18(13)12-5-2-1-3-6-12/h1-3,5-6,8-9,13,17H,4,7,10-11H2. The van der Waals surface area contributed by atoms with Gasteiger partial charge in [-0.3, -0.25) is 0 Å². The molecule has 0 amide bonds. The van der Waals surface area contributed by atoms with Crippen LogP contribution in [-0.2, 0) is 10.0 Å². The Kier molecular flexibility index (Phi) is 4.87. The lowest BCUT2D eigenvalue weighted by molar-refractivity contribution is 0.569. The number of sulfonamides is 1. The summed E-state index contributed by atoms with van der Waals surface area (Å²) in [7, 11) is -3.42. The van der Waals surface area contributed by atoms with Crippen LogP contribution in [0.15, 0.2) is 50.5 Å². The molecule has 0 bridgehead atoms. The average molecular weight is 401 g/mol. The minimum atomic E-state index is -3.42. The Balaban J connectivity index is 1.68. The van der Waals surface area contributed by atoms with Gasteiger partial charge in [-0.05, 0) is 53.0 Å². The molecule has 1 atom stereocenters. The lowest BCUT2D eigenvalue weighted by Crippen LogP contribution is -2.40. The molecule has 1 saturated heterocycles. The van der Waals surface area contributed by atoms with Gasteiger partial charge < -0.3 is 4.90 Å². The minimum absolute atomic E-state index is 0.209. The second-order valence-corrected chi connectivity index (χ2v) is 9.69. The van der Waals surface area contributed by atoms with Crippen molar-refractivity contribution in [3.63, 3.8) is 0 Å². The second-order valence-electron chi connectivity index (χ2n) is 5.24. The molecular formula is C15H17BrN2O2S2. The van der Waals surface area contributed by atoms with Crippen molar-refractivity contribution in [1.29, 1.82) is 0 Å². The Morgan fingerprint density at radius 2 is 2.00 bits per heavy atom. The van der Waals surface area contributed by atoms with Crippen molar-refractivity contribution in [2.45, 2.75) is 23.1 Å². The fourth-order valence-corrected chi connectivity index (χ4v) is 5.85. The summed E-state index contributed by atoms with van der Waals surface area (Å²) in [6.07, 6.45) is 2.09. The smallest absolute Gasteiger partial charge is 0.250 e. The van der Waals surface area contributed by atoms with E-state index in [1.165, 1.54) is 11.3 Å². The first kappa shape index (κ1) is 16.0. The molecule has 1 N–H and O–H groups in total. The second kappa shape index (κ2) is 6.70. The molecule has 0 radical (unpaired) electrons. The van der Waals surface area contributed by atoms with Crippen LogP contribution in [0.1, 0.15) is 12.8 Å². The maximum absolute atomic E-state index is 12.3. The van der Waals surface area contributed by atoms with E-state index >= 15 is 0 Å². The van der Waals surface area contributed by atoms with Crippen LogP contribution in [0.3, 0.4) is 0 Å². The fourth-order valence-electron chi connectivity index (χ4n) is 2.73. The average Bonchev–Trinajstić information content (AvgIpc) is 3.15. The van der Waals surface area contributed by atoms with E-state index in [0.717, 1.165) is 28.9 Å². The van der Waals surface area contributed by atoms with E-state index in [9.17, 15) is 8.42 Å². The van der Waals surface area contributed by atoms with E-state index in [1.807, 2.05) is 18.2 Å². The van der Waals surface area contributed by atoms with Gasteiger partial charge in [-0.1, -0.05) is 18.2 Å². The summed E-state index contributed by atoms with van der Waals surface area (Å²) in [5.41, 5.74) is 1.16. The summed E-state index contributed by atoms with van der Waals surface area (Å²) in [6.45, 7) is 1.41.